The van der Waals surface area contributed by atoms with E-state index in [-0.39, 0.29) is 85.8 Å². The molecule has 0 aromatic heterocycles. The van der Waals surface area contributed by atoms with Gasteiger partial charge >= 0.3 is 6.09 Å². The quantitative estimate of drug-likeness (QED) is 0.0353. The maximum absolute atomic E-state index is 14.4. The molecule has 0 aliphatic carbocycles. The molecule has 0 fully saturated rings. The van der Waals surface area contributed by atoms with Crippen LogP contribution in [0.1, 0.15) is 113 Å². The molecule has 3 aromatic rings. The van der Waals surface area contributed by atoms with E-state index in [1.54, 1.807) is 74.5 Å². The molecule has 4 heterocycles. The Kier molecular flexibility index (Phi) is 27.6. The zero-order valence-corrected chi connectivity index (χ0v) is 53.8. The Balaban J connectivity index is 0.869. The summed E-state index contributed by atoms with van der Waals surface area (Å²) >= 11 is 0. The van der Waals surface area contributed by atoms with Crippen molar-refractivity contribution in [3.05, 3.63) is 113 Å². The molecule has 4 aliphatic rings. The van der Waals surface area contributed by atoms with Crippen LogP contribution in [0.15, 0.2) is 101 Å². The van der Waals surface area contributed by atoms with Crippen molar-refractivity contribution in [3.63, 3.8) is 0 Å². The number of amides is 7. The lowest BCUT2D eigenvalue weighted by atomic mass is 10.0. The minimum atomic E-state index is -1.55. The fraction of sp³-hybridized carbons (Fsp3) is 0.493. The predicted molar refractivity (Wildman–Crippen MR) is 343 cm³/mol. The number of aliphatic hydroxyl groups excluding tert-OH is 1. The van der Waals surface area contributed by atoms with Crippen LogP contribution in [0.3, 0.4) is 0 Å². The molecular weight excluding hydrogens is 1190 g/mol. The van der Waals surface area contributed by atoms with Crippen molar-refractivity contribution < 1.29 is 81.3 Å². The van der Waals surface area contributed by atoms with Crippen LogP contribution in [0.5, 0.6) is 23.0 Å². The van der Waals surface area contributed by atoms with Crippen LogP contribution in [0.2, 0.25) is 0 Å². The Labute approximate surface area is 537 Å². The zero-order valence-electron chi connectivity index (χ0n) is 53.8. The summed E-state index contributed by atoms with van der Waals surface area (Å²) in [7, 11) is 2.97. The molecule has 3 aromatic carbocycles. The van der Waals surface area contributed by atoms with E-state index in [1.807, 2.05) is 44.4 Å². The fourth-order valence-corrected chi connectivity index (χ4v) is 10.4. The number of ether oxygens (including phenoxy) is 9. The second-order valence-electron chi connectivity index (χ2n) is 22.4. The van der Waals surface area contributed by atoms with Gasteiger partial charge in [-0.05, 0) is 99.8 Å². The van der Waals surface area contributed by atoms with Gasteiger partial charge in [-0.3, -0.25) is 33.8 Å². The number of nitrogens with one attached hydrogen (secondary N) is 4. The predicted octanol–water partition coefficient (Wildman–Crippen LogP) is 7.44. The van der Waals surface area contributed by atoms with Crippen molar-refractivity contribution in [2.24, 2.45) is 10.9 Å². The largest absolute Gasteiger partial charge is 0.493 e. The Morgan fingerprint density at radius 3 is 1.88 bits per heavy atom. The Bertz CT molecular complexity index is 3200. The molecule has 4 aliphatic heterocycles. The average Bonchev–Trinajstić information content (AvgIpc) is 1.59. The third kappa shape index (κ3) is 19.7. The van der Waals surface area contributed by atoms with Gasteiger partial charge in [0.05, 0.1) is 115 Å². The van der Waals surface area contributed by atoms with Crippen molar-refractivity contribution >= 4 is 64.8 Å². The van der Waals surface area contributed by atoms with Gasteiger partial charge in [0, 0.05) is 55.8 Å². The maximum Gasteiger partial charge on any atom is 0.416 e. The van der Waals surface area contributed by atoms with Crippen LogP contribution in [0.25, 0.3) is 0 Å². The van der Waals surface area contributed by atoms with Crippen molar-refractivity contribution in [1.29, 1.82) is 0 Å². The zero-order chi connectivity index (χ0) is 66.1. The molecule has 7 rings (SSSR count). The van der Waals surface area contributed by atoms with Crippen LogP contribution in [0.4, 0.5) is 21.9 Å². The van der Waals surface area contributed by atoms with Crippen LogP contribution < -0.4 is 45.1 Å². The van der Waals surface area contributed by atoms with Gasteiger partial charge in [-0.15, -0.1) is 0 Å². The number of rotatable bonds is 36. The molecule has 0 spiro atoms. The highest BCUT2D eigenvalue weighted by atomic mass is 16.6. The van der Waals surface area contributed by atoms with Crippen molar-refractivity contribution in [2.45, 2.75) is 123 Å². The highest BCUT2D eigenvalue weighted by Crippen LogP contribution is 2.43. The average molecular weight is 1280 g/mol. The minimum Gasteiger partial charge on any atom is -0.493 e. The van der Waals surface area contributed by atoms with Crippen molar-refractivity contribution in [3.8, 4) is 23.0 Å². The summed E-state index contributed by atoms with van der Waals surface area (Å²) in [4.78, 5) is 102. The summed E-state index contributed by atoms with van der Waals surface area (Å²) in [6, 6.07) is 9.90. The molecule has 0 radical (unpaired) electrons. The second-order valence-corrected chi connectivity index (χ2v) is 22.4. The van der Waals surface area contributed by atoms with Gasteiger partial charge in [0.2, 0.25) is 23.6 Å². The third-order valence-corrected chi connectivity index (χ3v) is 15.3. The molecule has 5 atom stereocenters. The first-order chi connectivity index (χ1) is 44.5. The normalized spacial score (nSPS) is 17.2. The van der Waals surface area contributed by atoms with E-state index in [4.69, 9.17) is 42.6 Å². The molecule has 0 unspecified atom stereocenters. The number of hydrogen-bond acceptors (Lipinski definition) is 18. The number of unbranched alkanes of at least 4 members (excludes halogenated alkanes) is 2. The monoisotopic (exact) mass is 1280 g/mol. The summed E-state index contributed by atoms with van der Waals surface area (Å²) < 4.78 is 51.5. The van der Waals surface area contributed by atoms with E-state index in [1.165, 1.54) is 38.2 Å². The molecule has 5 N–H and O–H groups in total. The number of benzene rings is 3. The molecule has 25 nitrogen and oxygen atoms in total. The number of carbonyl (C=O) groups is 7. The number of allylic oxidation sites excluding steroid dienone is 4. The summed E-state index contributed by atoms with van der Waals surface area (Å²) in [6.45, 7) is 14.0. The standard InChI is InChI=1S/C67H88N8O17/c1-9-15-46-33-49-39-69-52-37-57(55(84-7)35-50(52)64(80)73(49)40-46)90-23-13-12-14-24-91-58-38-53-51(36-56(58)85-8)65(81)74-41-47(16-10-2)34-54(74)66(82)75(53)67(83)92-42-45-17-19-48(20-18-45)71-62(78)44(6)70-63(79)61(43(4)5)72-60(77)21-25-86-27-29-88-31-32-89-30-28-87-26-22-68-59(76)11-3/h9-10,15-20,35-41,43-44,49,54,61,66,82H,11-14,21-34,42H2,1-8H3,(H,68,76)(H,70,79)(H,71,78)(H,72,77)/b15-9+,16-10+/t44-,49-,54-,61-,66-/m0/s1. The number of nitrogens with zero attached hydrogens (tertiary/aromatic N) is 4. The molecule has 0 bridgehead atoms. The van der Waals surface area contributed by atoms with Gasteiger partial charge in [0.15, 0.2) is 29.2 Å². The number of carbonyl (C=O) groups excluding carboxylic acids is 7. The summed E-state index contributed by atoms with van der Waals surface area (Å²) in [5.41, 5.74) is 3.79. The lowest BCUT2D eigenvalue weighted by Crippen LogP contribution is -2.53. The van der Waals surface area contributed by atoms with Gasteiger partial charge in [0.25, 0.3) is 11.8 Å². The van der Waals surface area contributed by atoms with Crippen LogP contribution in [0, 0.1) is 5.92 Å². The lowest BCUT2D eigenvalue weighted by Gasteiger charge is -2.31. The number of aliphatic hydroxyl groups is 1. The van der Waals surface area contributed by atoms with E-state index in [2.05, 4.69) is 26.3 Å². The fourth-order valence-electron chi connectivity index (χ4n) is 10.4. The summed E-state index contributed by atoms with van der Waals surface area (Å²) in [6.07, 6.45) is 13.7. The third-order valence-electron chi connectivity index (χ3n) is 15.3. The van der Waals surface area contributed by atoms with E-state index in [0.717, 1.165) is 16.0 Å². The highest BCUT2D eigenvalue weighted by Gasteiger charge is 2.45. The van der Waals surface area contributed by atoms with E-state index in [9.17, 15) is 38.7 Å². The van der Waals surface area contributed by atoms with E-state index in [0.29, 0.717) is 119 Å². The summed E-state index contributed by atoms with van der Waals surface area (Å²) in [5.74, 6) is -1.08. The Morgan fingerprint density at radius 2 is 1.26 bits per heavy atom. The van der Waals surface area contributed by atoms with E-state index < -0.39 is 54.1 Å². The Morgan fingerprint density at radius 1 is 0.674 bits per heavy atom. The van der Waals surface area contributed by atoms with Crippen LogP contribution >= 0.6 is 0 Å². The van der Waals surface area contributed by atoms with Crippen molar-refractivity contribution in [1.82, 2.24) is 25.8 Å². The molecule has 92 heavy (non-hydrogen) atoms. The number of methoxy groups -OCH3 is 2. The first-order valence-corrected chi connectivity index (χ1v) is 31.3. The van der Waals surface area contributed by atoms with Gasteiger partial charge < -0.3 is 78.8 Å². The van der Waals surface area contributed by atoms with Crippen molar-refractivity contribution in [2.75, 3.05) is 97.0 Å². The van der Waals surface area contributed by atoms with Gasteiger partial charge in [-0.2, -0.15) is 0 Å². The number of hydrogen-bond donors (Lipinski definition) is 5. The smallest absolute Gasteiger partial charge is 0.416 e. The number of aliphatic imine (C=N–C) groups is 1. The molecule has 25 heteroatoms. The van der Waals surface area contributed by atoms with Gasteiger partial charge in [0.1, 0.15) is 18.7 Å². The lowest BCUT2D eigenvalue weighted by molar-refractivity contribution is -0.132. The SMILES string of the molecule is C/C=C/C1=CN2C(=O)c3cc(OC)c(OCCCCCOc4cc5c(cc4OC)C(=O)N4C=C(/C=C/C)C[C@H]4[C@H](O)N5C(=O)OCc4ccc(NC(=O)[C@H](C)NC(=O)[C@@H](NC(=O)CCOCCOCCOCCOCCNC(=O)CC)C(C)C)cc4)cc3N=C[C@@H]2C1. The Hall–Kier alpha value is -8.62. The van der Waals surface area contributed by atoms with Gasteiger partial charge in [-0.25, -0.2) is 9.69 Å². The molecular formula is C67H88N8O17. The number of anilines is 2. The van der Waals surface area contributed by atoms with Crippen LogP contribution in [-0.4, -0.2) is 180 Å². The molecule has 7 amide bonds. The second kappa shape index (κ2) is 35.8. The minimum absolute atomic E-state index is 0.0000977. The molecule has 0 saturated heterocycles. The first-order valence-electron chi connectivity index (χ1n) is 31.3. The van der Waals surface area contributed by atoms with Gasteiger partial charge in [-0.1, -0.05) is 57.2 Å². The topological polar surface area (TPSA) is 293 Å². The van der Waals surface area contributed by atoms with E-state index >= 15 is 0 Å². The molecule has 498 valence electrons. The maximum atomic E-state index is 14.4. The summed E-state index contributed by atoms with van der Waals surface area (Å²) in [5, 5.41) is 23.0. The van der Waals surface area contributed by atoms with Crippen LogP contribution in [-0.2, 0) is 49.5 Å². The highest BCUT2D eigenvalue weighted by molar-refractivity contribution is 6.07. The first kappa shape index (κ1) is 70.8. The molecule has 0 saturated carbocycles. The number of fused-ring (bicyclic) bond motifs is 4.